The molecule has 1 N–H and O–H groups in total. The summed E-state index contributed by atoms with van der Waals surface area (Å²) in [5, 5.41) is 13.6. The van der Waals surface area contributed by atoms with Crippen molar-refractivity contribution in [3.8, 4) is 6.07 Å². The van der Waals surface area contributed by atoms with E-state index >= 15 is 0 Å². The summed E-state index contributed by atoms with van der Waals surface area (Å²) in [6, 6.07) is 13.0. The van der Waals surface area contributed by atoms with Crippen LogP contribution in [-0.2, 0) is 6.54 Å². The summed E-state index contributed by atoms with van der Waals surface area (Å²) >= 11 is 0. The van der Waals surface area contributed by atoms with E-state index in [0.29, 0.717) is 11.8 Å². The van der Waals surface area contributed by atoms with Crippen molar-refractivity contribution in [1.29, 1.82) is 5.26 Å². The van der Waals surface area contributed by atoms with E-state index in [9.17, 15) is 5.26 Å². The summed E-state index contributed by atoms with van der Waals surface area (Å²) in [5.41, 5.74) is 0.868. The van der Waals surface area contributed by atoms with Crippen LogP contribution in [0.15, 0.2) is 30.3 Å². The molecule has 1 aromatic rings. The van der Waals surface area contributed by atoms with Crippen LogP contribution in [0.2, 0.25) is 0 Å². The summed E-state index contributed by atoms with van der Waals surface area (Å²) < 4.78 is 0. The van der Waals surface area contributed by atoms with Gasteiger partial charge in [-0.15, -0.1) is 0 Å². The third-order valence-electron chi connectivity index (χ3n) is 5.03. The van der Waals surface area contributed by atoms with Crippen LogP contribution in [0.3, 0.4) is 0 Å². The summed E-state index contributed by atoms with van der Waals surface area (Å²) in [7, 11) is 4.34. The Morgan fingerprint density at radius 3 is 2.10 bits per heavy atom. The van der Waals surface area contributed by atoms with Crippen molar-refractivity contribution in [1.82, 2.24) is 15.1 Å². The predicted octanol–water partition coefficient (Wildman–Crippen LogP) is 1.16. The van der Waals surface area contributed by atoms with E-state index in [2.05, 4.69) is 59.5 Å². The fourth-order valence-electron chi connectivity index (χ4n) is 4.03. The first-order valence-electron chi connectivity index (χ1n) is 7.71. The molecule has 0 saturated carbocycles. The standard InChI is InChI=1S/C17H24N4/c1-20-9-15-11-21(2)12-16(10-20)17(15,13-18)19-8-14-6-4-3-5-7-14/h3-7,15-16,19H,8-12H2,1-2H3. The van der Waals surface area contributed by atoms with Crippen LogP contribution in [0.5, 0.6) is 0 Å². The van der Waals surface area contributed by atoms with Crippen molar-refractivity contribution in [2.45, 2.75) is 12.1 Å². The monoisotopic (exact) mass is 284 g/mol. The summed E-state index contributed by atoms with van der Waals surface area (Å²) in [6.07, 6.45) is 0. The molecule has 0 atom stereocenters. The molecule has 4 heteroatoms. The van der Waals surface area contributed by atoms with Crippen molar-refractivity contribution in [2.24, 2.45) is 11.8 Å². The number of hydrogen-bond acceptors (Lipinski definition) is 4. The molecule has 0 amide bonds. The van der Waals surface area contributed by atoms with Crippen LogP contribution in [0, 0.1) is 23.2 Å². The summed E-state index contributed by atoms with van der Waals surface area (Å²) in [5.74, 6) is 0.738. The molecule has 0 aliphatic carbocycles. The van der Waals surface area contributed by atoms with Crippen LogP contribution in [0.4, 0.5) is 0 Å². The van der Waals surface area contributed by atoms with Crippen LogP contribution in [-0.4, -0.2) is 55.6 Å². The van der Waals surface area contributed by atoms with Gasteiger partial charge in [0, 0.05) is 44.6 Å². The lowest BCUT2D eigenvalue weighted by atomic mass is 9.68. The maximum atomic E-state index is 9.95. The highest BCUT2D eigenvalue weighted by atomic mass is 15.2. The van der Waals surface area contributed by atoms with Gasteiger partial charge in [-0.1, -0.05) is 30.3 Å². The van der Waals surface area contributed by atoms with Gasteiger partial charge in [0.25, 0.3) is 0 Å². The first kappa shape index (κ1) is 14.5. The summed E-state index contributed by atoms with van der Waals surface area (Å²) in [4.78, 5) is 4.75. The van der Waals surface area contributed by atoms with Crippen molar-refractivity contribution >= 4 is 0 Å². The minimum atomic E-state index is -0.380. The molecule has 0 unspecified atom stereocenters. The van der Waals surface area contributed by atoms with E-state index in [1.807, 2.05) is 6.07 Å². The number of piperidine rings is 2. The lowest BCUT2D eigenvalue weighted by Gasteiger charge is -2.54. The predicted molar refractivity (Wildman–Crippen MR) is 83.6 cm³/mol. The topological polar surface area (TPSA) is 42.3 Å². The number of benzene rings is 1. The molecule has 112 valence electrons. The highest BCUT2D eigenvalue weighted by Gasteiger charge is 2.52. The minimum Gasteiger partial charge on any atom is -0.305 e. The number of rotatable bonds is 3. The average Bonchev–Trinajstić information content (AvgIpc) is 2.46. The number of nitriles is 1. The number of likely N-dealkylation sites (tertiary alicyclic amines) is 2. The van der Waals surface area contributed by atoms with E-state index < -0.39 is 0 Å². The first-order chi connectivity index (χ1) is 10.1. The number of nitrogens with one attached hydrogen (secondary N) is 1. The van der Waals surface area contributed by atoms with Crippen LogP contribution < -0.4 is 5.32 Å². The van der Waals surface area contributed by atoms with Gasteiger partial charge in [-0.25, -0.2) is 0 Å². The van der Waals surface area contributed by atoms with Crippen LogP contribution >= 0.6 is 0 Å². The van der Waals surface area contributed by atoms with E-state index in [-0.39, 0.29) is 5.54 Å². The van der Waals surface area contributed by atoms with Gasteiger partial charge < -0.3 is 9.80 Å². The fourth-order valence-corrected chi connectivity index (χ4v) is 4.03. The van der Waals surface area contributed by atoms with Gasteiger partial charge in [-0.05, 0) is 19.7 Å². The van der Waals surface area contributed by atoms with Gasteiger partial charge in [0.05, 0.1) is 6.07 Å². The maximum Gasteiger partial charge on any atom is 0.117 e. The molecule has 4 nitrogen and oxygen atoms in total. The molecule has 0 aromatic heterocycles. The first-order valence-corrected chi connectivity index (χ1v) is 7.71. The van der Waals surface area contributed by atoms with Crippen molar-refractivity contribution in [2.75, 3.05) is 40.3 Å². The largest absolute Gasteiger partial charge is 0.305 e. The fraction of sp³-hybridized carbons (Fsp3) is 0.588. The molecular weight excluding hydrogens is 260 g/mol. The zero-order valence-electron chi connectivity index (χ0n) is 12.9. The Hall–Kier alpha value is -1.41. The number of nitrogens with zero attached hydrogens (tertiary/aromatic N) is 3. The van der Waals surface area contributed by atoms with E-state index in [4.69, 9.17) is 0 Å². The number of fused-ring (bicyclic) bond motifs is 2. The van der Waals surface area contributed by atoms with E-state index in [0.717, 1.165) is 32.7 Å². The van der Waals surface area contributed by atoms with E-state index in [1.54, 1.807) is 0 Å². The second-order valence-electron chi connectivity index (χ2n) is 6.66. The molecule has 0 radical (unpaired) electrons. The highest BCUT2D eigenvalue weighted by molar-refractivity contribution is 5.22. The number of hydrogen-bond donors (Lipinski definition) is 1. The molecule has 2 aliphatic rings. The third-order valence-corrected chi connectivity index (χ3v) is 5.03. The molecule has 2 saturated heterocycles. The highest BCUT2D eigenvalue weighted by Crippen LogP contribution is 2.37. The Bertz CT molecular complexity index is 491. The lowest BCUT2D eigenvalue weighted by Crippen LogP contribution is -2.70. The van der Waals surface area contributed by atoms with Gasteiger partial charge in [-0.3, -0.25) is 5.32 Å². The molecule has 0 spiro atoms. The van der Waals surface area contributed by atoms with Crippen molar-refractivity contribution < 1.29 is 0 Å². The molecule has 21 heavy (non-hydrogen) atoms. The molecule has 2 fully saturated rings. The zero-order chi connectivity index (χ0) is 14.9. The molecule has 1 aromatic carbocycles. The molecular formula is C17H24N4. The Labute approximate surface area is 127 Å². The second-order valence-corrected chi connectivity index (χ2v) is 6.66. The van der Waals surface area contributed by atoms with Crippen LogP contribution in [0.25, 0.3) is 0 Å². The lowest BCUT2D eigenvalue weighted by molar-refractivity contribution is -0.0151. The Morgan fingerprint density at radius 1 is 1.10 bits per heavy atom. The van der Waals surface area contributed by atoms with Gasteiger partial charge in [0.2, 0.25) is 0 Å². The Balaban J connectivity index is 1.81. The SMILES string of the molecule is CN1CC2CN(C)CC(C1)C2(C#N)NCc1ccccc1. The molecule has 2 aliphatic heterocycles. The van der Waals surface area contributed by atoms with Gasteiger partial charge >= 0.3 is 0 Å². The average molecular weight is 284 g/mol. The third kappa shape index (κ3) is 2.69. The zero-order valence-corrected chi connectivity index (χ0v) is 12.9. The van der Waals surface area contributed by atoms with Gasteiger partial charge in [0.15, 0.2) is 0 Å². The Morgan fingerprint density at radius 2 is 1.62 bits per heavy atom. The molecule has 2 bridgehead atoms. The minimum absolute atomic E-state index is 0.369. The van der Waals surface area contributed by atoms with Crippen molar-refractivity contribution in [3.05, 3.63) is 35.9 Å². The normalized spacial score (nSPS) is 33.6. The van der Waals surface area contributed by atoms with Crippen LogP contribution in [0.1, 0.15) is 5.56 Å². The second kappa shape index (κ2) is 5.76. The van der Waals surface area contributed by atoms with E-state index in [1.165, 1.54) is 5.56 Å². The maximum absolute atomic E-state index is 9.95. The Kier molecular flexibility index (Phi) is 3.99. The smallest absolute Gasteiger partial charge is 0.117 e. The van der Waals surface area contributed by atoms with Crippen molar-refractivity contribution in [3.63, 3.8) is 0 Å². The quantitative estimate of drug-likeness (QED) is 0.904. The molecule has 3 rings (SSSR count). The van der Waals surface area contributed by atoms with Gasteiger partial charge in [0.1, 0.15) is 5.54 Å². The summed E-state index contributed by atoms with van der Waals surface area (Å²) in [6.45, 7) is 4.76. The molecule has 2 heterocycles. The van der Waals surface area contributed by atoms with Gasteiger partial charge in [-0.2, -0.15) is 5.26 Å².